The van der Waals surface area contributed by atoms with Gasteiger partial charge in [0.05, 0.1) is 19.8 Å². The summed E-state index contributed by atoms with van der Waals surface area (Å²) in [6.45, 7) is 18.4. The molecule has 1 fully saturated rings. The van der Waals surface area contributed by atoms with Crippen molar-refractivity contribution in [2.45, 2.75) is 68.0 Å². The van der Waals surface area contributed by atoms with Gasteiger partial charge in [-0.25, -0.2) is 0 Å². The molecule has 1 saturated heterocycles. The number of nitrogens with zero attached hydrogens (tertiary/aromatic N) is 3. The summed E-state index contributed by atoms with van der Waals surface area (Å²) >= 11 is 0. The molecule has 0 unspecified atom stereocenters. The van der Waals surface area contributed by atoms with E-state index in [4.69, 9.17) is 4.74 Å². The maximum Gasteiger partial charge on any atom is 0.254 e. The Morgan fingerprint density at radius 3 is 2.23 bits per heavy atom. The van der Waals surface area contributed by atoms with Crippen LogP contribution in [0.3, 0.4) is 0 Å². The molecule has 44 heavy (non-hydrogen) atoms. The van der Waals surface area contributed by atoms with Crippen molar-refractivity contribution in [3.8, 4) is 11.1 Å². The van der Waals surface area contributed by atoms with Crippen molar-refractivity contribution in [1.29, 1.82) is 0 Å². The van der Waals surface area contributed by atoms with Crippen molar-refractivity contribution in [3.05, 3.63) is 86.3 Å². The van der Waals surface area contributed by atoms with Crippen LogP contribution in [0.25, 0.3) is 11.1 Å². The van der Waals surface area contributed by atoms with Crippen molar-refractivity contribution >= 4 is 17.5 Å². The van der Waals surface area contributed by atoms with E-state index in [9.17, 15) is 14.4 Å². The highest BCUT2D eigenvalue weighted by Crippen LogP contribution is 2.35. The highest BCUT2D eigenvalue weighted by Gasteiger charge is 2.32. The lowest BCUT2D eigenvalue weighted by atomic mass is 9.87. The van der Waals surface area contributed by atoms with Crippen LogP contribution in [0, 0.1) is 26.2 Å². The number of ether oxygens (including phenoxy) is 1. The molecule has 0 aliphatic carbocycles. The number of pyridine rings is 1. The number of aromatic amines is 1. The Morgan fingerprint density at radius 1 is 0.977 bits per heavy atom. The fraction of sp³-hybridized carbons (Fsp3) is 0.472. The van der Waals surface area contributed by atoms with Crippen LogP contribution < -0.4 is 10.5 Å². The molecule has 2 heterocycles. The summed E-state index contributed by atoms with van der Waals surface area (Å²) in [5.74, 6) is -0.177. The number of hydrogen-bond donors (Lipinski definition) is 1. The van der Waals surface area contributed by atoms with Crippen LogP contribution in [-0.4, -0.2) is 66.5 Å². The number of anilines is 1. The number of hydrogen-bond acceptors (Lipinski definition) is 5. The van der Waals surface area contributed by atoms with E-state index >= 15 is 0 Å². The first-order valence-corrected chi connectivity index (χ1v) is 15.7. The maximum atomic E-state index is 14.1. The molecule has 1 N–H and O–H groups in total. The largest absolute Gasteiger partial charge is 0.379 e. The molecule has 1 aromatic heterocycles. The molecule has 236 valence electrons. The first kappa shape index (κ1) is 33.1. The van der Waals surface area contributed by atoms with Crippen molar-refractivity contribution in [1.82, 2.24) is 14.8 Å². The Bertz CT molecular complexity index is 1550. The lowest BCUT2D eigenvalue weighted by Gasteiger charge is -2.32. The van der Waals surface area contributed by atoms with Gasteiger partial charge < -0.3 is 19.5 Å². The zero-order valence-corrected chi connectivity index (χ0v) is 27.7. The van der Waals surface area contributed by atoms with Crippen LogP contribution in [0.1, 0.15) is 72.4 Å². The summed E-state index contributed by atoms with van der Waals surface area (Å²) in [5, 5.41) is 0. The summed E-state index contributed by atoms with van der Waals surface area (Å²) in [4.78, 5) is 49.3. The van der Waals surface area contributed by atoms with Crippen LogP contribution in [0.4, 0.5) is 5.69 Å². The molecule has 1 aliphatic rings. The zero-order chi connectivity index (χ0) is 32.2. The van der Waals surface area contributed by atoms with Gasteiger partial charge in [0.25, 0.3) is 11.5 Å². The molecule has 0 bridgehead atoms. The number of morpholine rings is 1. The molecule has 8 heteroatoms. The van der Waals surface area contributed by atoms with Crippen molar-refractivity contribution in [3.63, 3.8) is 0 Å². The number of carbonyl (C=O) groups excluding carboxylic acids is 2. The van der Waals surface area contributed by atoms with E-state index in [1.165, 1.54) is 5.56 Å². The van der Waals surface area contributed by atoms with E-state index in [-0.39, 0.29) is 23.9 Å². The Hall–Kier alpha value is -3.75. The van der Waals surface area contributed by atoms with Gasteiger partial charge in [-0.3, -0.25) is 19.3 Å². The molecule has 3 aromatic rings. The first-order chi connectivity index (χ1) is 20.9. The summed E-state index contributed by atoms with van der Waals surface area (Å²) in [5.41, 5.74) is 6.50. The van der Waals surface area contributed by atoms with E-state index in [0.29, 0.717) is 24.1 Å². The van der Waals surface area contributed by atoms with Gasteiger partial charge in [0.1, 0.15) is 0 Å². The number of aryl methyl sites for hydroxylation is 2. The van der Waals surface area contributed by atoms with Crippen LogP contribution >= 0.6 is 0 Å². The van der Waals surface area contributed by atoms with Gasteiger partial charge in [0.15, 0.2) is 0 Å². The third-order valence-corrected chi connectivity index (χ3v) is 8.96. The SMILES string of the molecule is CCN(C(=O)C(C)(C)CC)c1cc(-c2ccc(CN3CCOCC3)cc2)cc(C(=O)N(C)Cc2c(C)cc(C)[nH]c2=O)c1C. The van der Waals surface area contributed by atoms with E-state index in [2.05, 4.69) is 34.1 Å². The molecular formula is C36H48N4O4. The third-order valence-electron chi connectivity index (χ3n) is 8.96. The van der Waals surface area contributed by atoms with Gasteiger partial charge >= 0.3 is 0 Å². The Kier molecular flexibility index (Phi) is 10.5. The molecule has 0 atom stereocenters. The van der Waals surface area contributed by atoms with Crippen molar-refractivity contribution < 1.29 is 14.3 Å². The minimum absolute atomic E-state index is 0.0252. The summed E-state index contributed by atoms with van der Waals surface area (Å²) in [7, 11) is 1.72. The van der Waals surface area contributed by atoms with Gasteiger partial charge in [0.2, 0.25) is 5.91 Å². The van der Waals surface area contributed by atoms with E-state index in [0.717, 1.165) is 66.5 Å². The van der Waals surface area contributed by atoms with E-state index in [1.807, 2.05) is 66.7 Å². The van der Waals surface area contributed by atoms with Crippen LogP contribution in [0.5, 0.6) is 0 Å². The topological polar surface area (TPSA) is 85.9 Å². The Balaban J connectivity index is 1.76. The zero-order valence-electron chi connectivity index (χ0n) is 27.7. The molecule has 4 rings (SSSR count). The van der Waals surface area contributed by atoms with Crippen molar-refractivity contribution in [2.24, 2.45) is 5.41 Å². The normalized spacial score (nSPS) is 14.0. The molecule has 1 aliphatic heterocycles. The number of aromatic nitrogens is 1. The lowest BCUT2D eigenvalue weighted by Crippen LogP contribution is -2.41. The summed E-state index contributed by atoms with van der Waals surface area (Å²) in [6, 6.07) is 14.3. The highest BCUT2D eigenvalue weighted by molar-refractivity contribution is 6.03. The van der Waals surface area contributed by atoms with Gasteiger partial charge in [-0.1, -0.05) is 45.0 Å². The van der Waals surface area contributed by atoms with Gasteiger partial charge in [-0.15, -0.1) is 0 Å². The number of amides is 2. The number of benzene rings is 2. The van der Waals surface area contributed by atoms with Crippen LogP contribution in [0.2, 0.25) is 0 Å². The molecule has 2 aromatic carbocycles. The molecule has 0 spiro atoms. The predicted octanol–water partition coefficient (Wildman–Crippen LogP) is 5.86. The fourth-order valence-electron chi connectivity index (χ4n) is 5.72. The fourth-order valence-corrected chi connectivity index (χ4v) is 5.72. The maximum absolute atomic E-state index is 14.1. The van der Waals surface area contributed by atoms with Crippen LogP contribution in [0.15, 0.2) is 47.3 Å². The van der Waals surface area contributed by atoms with E-state index in [1.54, 1.807) is 16.8 Å². The Morgan fingerprint density at radius 2 is 1.64 bits per heavy atom. The number of rotatable bonds is 10. The molecule has 0 radical (unpaired) electrons. The highest BCUT2D eigenvalue weighted by atomic mass is 16.5. The second-order valence-electron chi connectivity index (χ2n) is 12.6. The second-order valence-corrected chi connectivity index (χ2v) is 12.6. The number of nitrogens with one attached hydrogen (secondary N) is 1. The molecule has 2 amide bonds. The average Bonchev–Trinajstić information content (AvgIpc) is 3.00. The summed E-state index contributed by atoms with van der Waals surface area (Å²) < 4.78 is 5.49. The smallest absolute Gasteiger partial charge is 0.254 e. The predicted molar refractivity (Wildman–Crippen MR) is 177 cm³/mol. The van der Waals surface area contributed by atoms with Gasteiger partial charge in [-0.2, -0.15) is 0 Å². The minimum Gasteiger partial charge on any atom is -0.379 e. The number of H-pyrrole nitrogens is 1. The second kappa shape index (κ2) is 13.9. The minimum atomic E-state index is -0.551. The van der Waals surface area contributed by atoms with Crippen LogP contribution in [-0.2, 0) is 22.6 Å². The van der Waals surface area contributed by atoms with Gasteiger partial charge in [-0.05, 0) is 80.1 Å². The quantitative estimate of drug-likeness (QED) is 0.315. The van der Waals surface area contributed by atoms with Crippen molar-refractivity contribution in [2.75, 3.05) is 44.8 Å². The number of carbonyl (C=O) groups is 2. The third kappa shape index (κ3) is 7.30. The standard InChI is InChI=1S/C36H48N4O4/c1-9-36(6,7)35(43)40(10-2)32-21-29(28-13-11-27(12-14-28)22-39-15-17-44-18-16-39)20-30(26(32)5)34(42)38(8)23-31-24(3)19-25(4)37-33(31)41/h11-14,19-21H,9-10,15-18,22-23H2,1-8H3,(H,37,41). The van der Waals surface area contributed by atoms with Gasteiger partial charge in [0, 0.05) is 61.1 Å². The van der Waals surface area contributed by atoms with E-state index < -0.39 is 5.41 Å². The summed E-state index contributed by atoms with van der Waals surface area (Å²) in [6.07, 6.45) is 0.699. The monoisotopic (exact) mass is 600 g/mol. The molecule has 8 nitrogen and oxygen atoms in total. The lowest BCUT2D eigenvalue weighted by molar-refractivity contribution is -0.126. The average molecular weight is 601 g/mol. The Labute approximate surface area is 262 Å². The molecular weight excluding hydrogens is 552 g/mol. The first-order valence-electron chi connectivity index (χ1n) is 15.7. The molecule has 0 saturated carbocycles.